The number of aryl methyl sites for hydroxylation is 1. The van der Waals surface area contributed by atoms with E-state index in [9.17, 15) is 0 Å². The second kappa shape index (κ2) is 5.28. The molecule has 1 unspecified atom stereocenters. The van der Waals surface area contributed by atoms with Gasteiger partial charge in [-0.15, -0.1) is 0 Å². The molecule has 0 aliphatic carbocycles. The van der Waals surface area contributed by atoms with Gasteiger partial charge >= 0.3 is 0 Å². The molecule has 2 N–H and O–H groups in total. The monoisotopic (exact) mass is 226 g/mol. The third kappa shape index (κ3) is 4.01. The van der Waals surface area contributed by atoms with Gasteiger partial charge in [0.25, 0.3) is 0 Å². The number of hydrogen-bond donors (Lipinski definition) is 1. The molecule has 1 aromatic rings. The maximum Gasteiger partial charge on any atom is 0.118 e. The molecule has 1 aromatic heterocycles. The van der Waals surface area contributed by atoms with E-state index in [4.69, 9.17) is 22.4 Å². The molecular weight excluding hydrogens is 208 g/mol. The van der Waals surface area contributed by atoms with E-state index in [2.05, 4.69) is 4.90 Å². The topological polar surface area (TPSA) is 42.4 Å². The molecule has 0 saturated carbocycles. The molecule has 1 atom stereocenters. The molecule has 0 aromatic carbocycles. The van der Waals surface area contributed by atoms with Crippen molar-refractivity contribution < 1.29 is 4.42 Å². The average molecular weight is 226 g/mol. The number of furan rings is 1. The third-order valence-electron chi connectivity index (χ3n) is 2.29. The smallest absolute Gasteiger partial charge is 0.118 e. The molecule has 0 spiro atoms. The van der Waals surface area contributed by atoms with E-state index in [0.29, 0.717) is 4.99 Å². The lowest BCUT2D eigenvalue weighted by Crippen LogP contribution is -2.31. The molecule has 0 amide bonds. The summed E-state index contributed by atoms with van der Waals surface area (Å²) >= 11 is 4.93. The van der Waals surface area contributed by atoms with E-state index in [1.807, 2.05) is 33.0 Å². The highest BCUT2D eigenvalue weighted by atomic mass is 32.1. The fourth-order valence-corrected chi connectivity index (χ4v) is 1.53. The lowest BCUT2D eigenvalue weighted by atomic mass is 10.2. The fourth-order valence-electron chi connectivity index (χ4n) is 1.46. The number of thiocarbonyl (C=S) groups is 1. The van der Waals surface area contributed by atoms with Gasteiger partial charge in [0.15, 0.2) is 0 Å². The van der Waals surface area contributed by atoms with Crippen molar-refractivity contribution in [3.8, 4) is 0 Å². The van der Waals surface area contributed by atoms with Crippen molar-refractivity contribution in [3.05, 3.63) is 23.7 Å². The van der Waals surface area contributed by atoms with Crippen LogP contribution in [0.5, 0.6) is 0 Å². The minimum absolute atomic E-state index is 0.237. The first-order valence-electron chi connectivity index (χ1n) is 5.02. The highest BCUT2D eigenvalue weighted by molar-refractivity contribution is 7.80. The van der Waals surface area contributed by atoms with E-state index in [1.165, 1.54) is 0 Å². The van der Waals surface area contributed by atoms with Crippen LogP contribution >= 0.6 is 12.2 Å². The second-order valence-corrected chi connectivity index (χ2v) is 4.48. The maximum atomic E-state index is 5.56. The van der Waals surface area contributed by atoms with E-state index in [1.54, 1.807) is 0 Å². The Morgan fingerprint density at radius 1 is 1.60 bits per heavy atom. The van der Waals surface area contributed by atoms with Gasteiger partial charge in [-0.25, -0.2) is 0 Å². The van der Waals surface area contributed by atoms with Gasteiger partial charge in [-0.05, 0) is 26.1 Å². The minimum atomic E-state index is 0.237. The third-order valence-corrected chi connectivity index (χ3v) is 2.70. The van der Waals surface area contributed by atoms with Crippen LogP contribution in [0.2, 0.25) is 0 Å². The van der Waals surface area contributed by atoms with Crippen molar-refractivity contribution in [1.82, 2.24) is 4.90 Å². The SMILES string of the molecule is Cc1ccc(CN(C)CC(C)C(N)=S)o1. The molecule has 0 aliphatic rings. The van der Waals surface area contributed by atoms with Crippen LogP contribution in [0.3, 0.4) is 0 Å². The van der Waals surface area contributed by atoms with Crippen LogP contribution in [-0.2, 0) is 6.54 Å². The fraction of sp³-hybridized carbons (Fsp3) is 0.545. The Morgan fingerprint density at radius 3 is 2.73 bits per heavy atom. The standard InChI is InChI=1S/C11H18N2OS/c1-8(11(12)15)6-13(3)7-10-5-4-9(2)14-10/h4-5,8H,6-7H2,1-3H3,(H2,12,15). The Morgan fingerprint density at radius 2 is 2.27 bits per heavy atom. The lowest BCUT2D eigenvalue weighted by molar-refractivity contribution is 0.278. The lowest BCUT2D eigenvalue weighted by Gasteiger charge is -2.19. The number of rotatable bonds is 5. The zero-order chi connectivity index (χ0) is 11.4. The van der Waals surface area contributed by atoms with Gasteiger partial charge in [-0.2, -0.15) is 0 Å². The Balaban J connectivity index is 2.42. The number of nitrogens with zero attached hydrogens (tertiary/aromatic N) is 1. The van der Waals surface area contributed by atoms with Crippen molar-refractivity contribution in [2.75, 3.05) is 13.6 Å². The summed E-state index contributed by atoms with van der Waals surface area (Å²) in [6.07, 6.45) is 0. The van der Waals surface area contributed by atoms with Crippen LogP contribution in [0.4, 0.5) is 0 Å². The normalized spacial score (nSPS) is 13.1. The first-order valence-corrected chi connectivity index (χ1v) is 5.43. The van der Waals surface area contributed by atoms with Crippen molar-refractivity contribution in [2.45, 2.75) is 20.4 Å². The van der Waals surface area contributed by atoms with Crippen LogP contribution < -0.4 is 5.73 Å². The summed E-state index contributed by atoms with van der Waals surface area (Å²) in [5, 5.41) is 0. The van der Waals surface area contributed by atoms with Crippen LogP contribution in [0, 0.1) is 12.8 Å². The van der Waals surface area contributed by atoms with Crippen molar-refractivity contribution >= 4 is 17.2 Å². The highest BCUT2D eigenvalue weighted by Crippen LogP contribution is 2.09. The molecule has 0 aliphatic heterocycles. The summed E-state index contributed by atoms with van der Waals surface area (Å²) in [4.78, 5) is 2.72. The van der Waals surface area contributed by atoms with E-state index < -0.39 is 0 Å². The molecule has 1 heterocycles. The van der Waals surface area contributed by atoms with Gasteiger partial charge < -0.3 is 10.2 Å². The van der Waals surface area contributed by atoms with Crippen LogP contribution in [0.1, 0.15) is 18.4 Å². The van der Waals surface area contributed by atoms with Gasteiger partial charge in [0.1, 0.15) is 11.5 Å². The van der Waals surface area contributed by atoms with Gasteiger partial charge in [0, 0.05) is 12.5 Å². The summed E-state index contributed by atoms with van der Waals surface area (Å²) in [5.41, 5.74) is 5.56. The summed E-state index contributed by atoms with van der Waals surface area (Å²) in [7, 11) is 2.03. The predicted octanol–water partition coefficient (Wildman–Crippen LogP) is 1.94. The Labute approximate surface area is 96.2 Å². The zero-order valence-electron chi connectivity index (χ0n) is 9.49. The van der Waals surface area contributed by atoms with Crippen molar-refractivity contribution in [1.29, 1.82) is 0 Å². The Kier molecular flexibility index (Phi) is 4.29. The number of hydrogen-bond acceptors (Lipinski definition) is 3. The molecule has 3 nitrogen and oxygen atoms in total. The molecule has 0 fully saturated rings. The van der Waals surface area contributed by atoms with Crippen molar-refractivity contribution in [2.24, 2.45) is 11.7 Å². The van der Waals surface area contributed by atoms with Gasteiger partial charge in [0.2, 0.25) is 0 Å². The first-order chi connectivity index (χ1) is 6.99. The summed E-state index contributed by atoms with van der Waals surface area (Å²) in [6, 6.07) is 3.97. The molecule has 0 radical (unpaired) electrons. The highest BCUT2D eigenvalue weighted by Gasteiger charge is 2.10. The molecule has 1 rings (SSSR count). The summed E-state index contributed by atoms with van der Waals surface area (Å²) in [6.45, 7) is 5.63. The largest absolute Gasteiger partial charge is 0.465 e. The average Bonchev–Trinajstić information content (AvgIpc) is 2.50. The first kappa shape index (κ1) is 12.2. The molecule has 0 saturated heterocycles. The molecular formula is C11H18N2OS. The van der Waals surface area contributed by atoms with Crippen LogP contribution in [0.15, 0.2) is 16.5 Å². The van der Waals surface area contributed by atoms with Crippen LogP contribution in [-0.4, -0.2) is 23.5 Å². The minimum Gasteiger partial charge on any atom is -0.465 e. The molecule has 4 heteroatoms. The Hall–Kier alpha value is -0.870. The van der Waals surface area contributed by atoms with E-state index in [0.717, 1.165) is 24.6 Å². The molecule has 15 heavy (non-hydrogen) atoms. The molecule has 84 valence electrons. The van der Waals surface area contributed by atoms with E-state index in [-0.39, 0.29) is 5.92 Å². The second-order valence-electron chi connectivity index (χ2n) is 4.01. The van der Waals surface area contributed by atoms with Gasteiger partial charge in [0.05, 0.1) is 11.5 Å². The summed E-state index contributed by atoms with van der Waals surface area (Å²) in [5.74, 6) is 2.16. The predicted molar refractivity (Wildman–Crippen MR) is 65.7 cm³/mol. The zero-order valence-corrected chi connectivity index (χ0v) is 10.3. The van der Waals surface area contributed by atoms with Crippen molar-refractivity contribution in [3.63, 3.8) is 0 Å². The van der Waals surface area contributed by atoms with Gasteiger partial charge in [-0.1, -0.05) is 19.1 Å². The number of nitrogens with two attached hydrogens (primary N) is 1. The van der Waals surface area contributed by atoms with Crippen LogP contribution in [0.25, 0.3) is 0 Å². The maximum absolute atomic E-state index is 5.56. The molecule has 0 bridgehead atoms. The van der Waals surface area contributed by atoms with E-state index >= 15 is 0 Å². The van der Waals surface area contributed by atoms with Gasteiger partial charge in [-0.3, -0.25) is 4.90 Å². The quantitative estimate of drug-likeness (QED) is 0.779. The summed E-state index contributed by atoms with van der Waals surface area (Å²) < 4.78 is 5.49. The Bertz CT molecular complexity index is 335.